The lowest BCUT2D eigenvalue weighted by Crippen LogP contribution is -2.40. The van der Waals surface area contributed by atoms with Gasteiger partial charge in [-0.3, -0.25) is 9.59 Å². The first kappa shape index (κ1) is 11.0. The number of carbonyl (C=O) groups excluding carboxylic acids is 2. The zero-order valence-corrected chi connectivity index (χ0v) is 8.62. The fourth-order valence-corrected chi connectivity index (χ4v) is 1.56. The second kappa shape index (κ2) is 4.98. The van der Waals surface area contributed by atoms with E-state index in [1.54, 1.807) is 13.8 Å². The highest BCUT2D eigenvalue weighted by atomic mass is 16.5. The van der Waals surface area contributed by atoms with Gasteiger partial charge in [-0.25, -0.2) is 0 Å². The number of hydrogen-bond donors (Lipinski definition) is 0. The first-order valence-corrected chi connectivity index (χ1v) is 5.04. The number of rotatable bonds is 4. The molecule has 1 rings (SSSR count). The van der Waals surface area contributed by atoms with Crippen molar-refractivity contribution < 1.29 is 19.1 Å². The number of esters is 2. The molecule has 0 bridgehead atoms. The van der Waals surface area contributed by atoms with Crippen LogP contribution in [0.15, 0.2) is 0 Å². The molecule has 2 atom stereocenters. The van der Waals surface area contributed by atoms with Crippen LogP contribution in [-0.4, -0.2) is 25.2 Å². The Labute approximate surface area is 83.6 Å². The molecule has 0 aromatic carbocycles. The van der Waals surface area contributed by atoms with E-state index in [9.17, 15) is 9.59 Å². The summed E-state index contributed by atoms with van der Waals surface area (Å²) in [7, 11) is 0. The first-order valence-electron chi connectivity index (χ1n) is 5.04. The number of ether oxygens (including phenoxy) is 2. The molecule has 0 aromatic heterocycles. The second-order valence-corrected chi connectivity index (χ2v) is 3.29. The maximum atomic E-state index is 11.3. The van der Waals surface area contributed by atoms with Crippen LogP contribution in [0.2, 0.25) is 0 Å². The van der Waals surface area contributed by atoms with E-state index in [1.165, 1.54) is 0 Å². The number of hydrogen-bond acceptors (Lipinski definition) is 4. The molecule has 0 unspecified atom stereocenters. The van der Waals surface area contributed by atoms with Crippen LogP contribution in [-0.2, 0) is 19.1 Å². The van der Waals surface area contributed by atoms with Crippen LogP contribution in [0.1, 0.15) is 26.7 Å². The van der Waals surface area contributed by atoms with Crippen LogP contribution in [0, 0.1) is 11.8 Å². The van der Waals surface area contributed by atoms with Crippen LogP contribution < -0.4 is 0 Å². The lowest BCUT2D eigenvalue weighted by molar-refractivity contribution is -0.166. The quantitative estimate of drug-likeness (QED) is 0.638. The molecule has 1 fully saturated rings. The second-order valence-electron chi connectivity index (χ2n) is 3.29. The predicted molar refractivity (Wildman–Crippen MR) is 49.5 cm³/mol. The van der Waals surface area contributed by atoms with Gasteiger partial charge in [-0.05, 0) is 26.7 Å². The van der Waals surface area contributed by atoms with Gasteiger partial charge in [0.05, 0.1) is 25.0 Å². The van der Waals surface area contributed by atoms with Crippen molar-refractivity contribution in [3.05, 3.63) is 0 Å². The average molecular weight is 200 g/mol. The maximum absolute atomic E-state index is 11.3. The molecule has 0 heterocycles. The van der Waals surface area contributed by atoms with Crippen LogP contribution in [0.25, 0.3) is 0 Å². The molecule has 80 valence electrons. The topological polar surface area (TPSA) is 52.6 Å². The molecular weight excluding hydrogens is 184 g/mol. The molecule has 0 spiro atoms. The van der Waals surface area contributed by atoms with Crippen molar-refractivity contribution in [2.24, 2.45) is 11.8 Å². The van der Waals surface area contributed by atoms with E-state index in [0.717, 1.165) is 12.8 Å². The highest BCUT2D eigenvalue weighted by Gasteiger charge is 2.43. The molecule has 4 heteroatoms. The average Bonchev–Trinajstić information content (AvgIpc) is 2.02. The summed E-state index contributed by atoms with van der Waals surface area (Å²) in [4.78, 5) is 22.6. The molecule has 0 N–H and O–H groups in total. The van der Waals surface area contributed by atoms with Gasteiger partial charge in [-0.2, -0.15) is 0 Å². The predicted octanol–water partition coefficient (Wildman–Crippen LogP) is 1.14. The first-order chi connectivity index (χ1) is 6.70. The van der Waals surface area contributed by atoms with E-state index in [1.807, 2.05) is 0 Å². The van der Waals surface area contributed by atoms with Crippen LogP contribution in [0.5, 0.6) is 0 Å². The van der Waals surface area contributed by atoms with Crippen molar-refractivity contribution in [2.45, 2.75) is 26.7 Å². The molecule has 1 saturated carbocycles. The van der Waals surface area contributed by atoms with E-state index in [-0.39, 0.29) is 23.8 Å². The molecule has 0 aromatic rings. The van der Waals surface area contributed by atoms with Gasteiger partial charge < -0.3 is 9.47 Å². The third kappa shape index (κ3) is 2.25. The Morgan fingerprint density at radius 3 is 1.57 bits per heavy atom. The van der Waals surface area contributed by atoms with Crippen LogP contribution in [0.4, 0.5) is 0 Å². The highest BCUT2D eigenvalue weighted by Crippen LogP contribution is 2.36. The Hall–Kier alpha value is -1.06. The summed E-state index contributed by atoms with van der Waals surface area (Å²) < 4.78 is 9.72. The maximum Gasteiger partial charge on any atom is 0.309 e. The van der Waals surface area contributed by atoms with E-state index in [2.05, 4.69) is 0 Å². The fourth-order valence-electron chi connectivity index (χ4n) is 1.56. The van der Waals surface area contributed by atoms with E-state index >= 15 is 0 Å². The van der Waals surface area contributed by atoms with Gasteiger partial charge >= 0.3 is 11.9 Å². The Balaban J connectivity index is 2.41. The largest absolute Gasteiger partial charge is 0.466 e. The van der Waals surface area contributed by atoms with Gasteiger partial charge in [-0.1, -0.05) is 0 Å². The summed E-state index contributed by atoms with van der Waals surface area (Å²) in [5.74, 6) is -1.07. The lowest BCUT2D eigenvalue weighted by atomic mass is 9.74. The minimum atomic E-state index is -0.269. The Kier molecular flexibility index (Phi) is 3.92. The zero-order chi connectivity index (χ0) is 10.6. The van der Waals surface area contributed by atoms with Gasteiger partial charge in [0.2, 0.25) is 0 Å². The lowest BCUT2D eigenvalue weighted by Gasteiger charge is -2.32. The summed E-state index contributed by atoms with van der Waals surface area (Å²) in [6.07, 6.45) is 1.48. The van der Waals surface area contributed by atoms with Gasteiger partial charge in [0.15, 0.2) is 0 Å². The molecular formula is C10H16O4. The van der Waals surface area contributed by atoms with Crippen molar-refractivity contribution in [3.63, 3.8) is 0 Å². The van der Waals surface area contributed by atoms with Crippen molar-refractivity contribution in [2.75, 3.05) is 13.2 Å². The third-order valence-electron chi connectivity index (χ3n) is 2.45. The third-order valence-corrected chi connectivity index (χ3v) is 2.45. The SMILES string of the molecule is CCOC(=O)[C@H]1CC[C@H]1C(=O)OCC. The molecule has 1 aliphatic carbocycles. The van der Waals surface area contributed by atoms with Gasteiger partial charge in [0, 0.05) is 0 Å². The molecule has 0 amide bonds. The summed E-state index contributed by atoms with van der Waals surface area (Å²) >= 11 is 0. The van der Waals surface area contributed by atoms with Crippen molar-refractivity contribution in [3.8, 4) is 0 Å². The van der Waals surface area contributed by atoms with E-state index in [4.69, 9.17) is 9.47 Å². The van der Waals surface area contributed by atoms with E-state index < -0.39 is 0 Å². The van der Waals surface area contributed by atoms with Crippen molar-refractivity contribution in [1.82, 2.24) is 0 Å². The molecule has 1 aliphatic rings. The van der Waals surface area contributed by atoms with Gasteiger partial charge in [0.25, 0.3) is 0 Å². The summed E-state index contributed by atoms with van der Waals surface area (Å²) in [5.41, 5.74) is 0. The molecule has 4 nitrogen and oxygen atoms in total. The highest BCUT2D eigenvalue weighted by molar-refractivity contribution is 5.83. The van der Waals surface area contributed by atoms with Crippen molar-refractivity contribution in [1.29, 1.82) is 0 Å². The van der Waals surface area contributed by atoms with Gasteiger partial charge in [-0.15, -0.1) is 0 Å². The smallest absolute Gasteiger partial charge is 0.309 e. The molecule has 0 saturated heterocycles. The Bertz CT molecular complexity index is 200. The van der Waals surface area contributed by atoms with Gasteiger partial charge in [0.1, 0.15) is 0 Å². The zero-order valence-electron chi connectivity index (χ0n) is 8.62. The summed E-state index contributed by atoms with van der Waals surface area (Å²) in [5, 5.41) is 0. The molecule has 0 radical (unpaired) electrons. The molecule has 14 heavy (non-hydrogen) atoms. The fraction of sp³-hybridized carbons (Fsp3) is 0.800. The molecule has 0 aliphatic heterocycles. The van der Waals surface area contributed by atoms with E-state index in [0.29, 0.717) is 13.2 Å². The Morgan fingerprint density at radius 1 is 1.00 bits per heavy atom. The van der Waals surface area contributed by atoms with Crippen molar-refractivity contribution >= 4 is 11.9 Å². The minimum absolute atomic E-state index is 0.267. The normalized spacial score (nSPS) is 25.0. The van der Waals surface area contributed by atoms with Crippen LogP contribution >= 0.6 is 0 Å². The van der Waals surface area contributed by atoms with Crippen LogP contribution in [0.3, 0.4) is 0 Å². The standard InChI is InChI=1S/C10H16O4/c1-3-13-9(11)7-5-6-8(7)10(12)14-4-2/h7-8H,3-6H2,1-2H3/t7-,8+. The monoisotopic (exact) mass is 200 g/mol. The summed E-state index contributed by atoms with van der Waals surface area (Å²) in [6, 6.07) is 0. The minimum Gasteiger partial charge on any atom is -0.466 e. The number of carbonyl (C=O) groups is 2. The summed E-state index contributed by atoms with van der Waals surface area (Å²) in [6.45, 7) is 4.25. The Morgan fingerprint density at radius 2 is 1.36 bits per heavy atom.